The van der Waals surface area contributed by atoms with Crippen molar-refractivity contribution in [3.05, 3.63) is 0 Å². The van der Waals surface area contributed by atoms with Crippen molar-refractivity contribution in [3.8, 4) is 0 Å². The number of Topliss-reactive ketones (excluding diaryl/α,β-unsaturated/α-hetero) is 1. The molecule has 0 aromatic heterocycles. The Balaban J connectivity index is 2.41. The van der Waals surface area contributed by atoms with Crippen molar-refractivity contribution in [2.75, 3.05) is 0 Å². The number of nitrogens with one attached hydrogen (secondary N) is 1. The summed E-state index contributed by atoms with van der Waals surface area (Å²) in [7, 11) is 0. The number of rotatable bonds is 4. The maximum absolute atomic E-state index is 11.9. The molecule has 0 aliphatic heterocycles. The first-order valence-corrected chi connectivity index (χ1v) is 6.38. The third kappa shape index (κ3) is 3.95. The molecule has 0 heterocycles. The zero-order valence-electron chi connectivity index (χ0n) is 10.4. The van der Waals surface area contributed by atoms with Crippen LogP contribution in [0, 0.1) is 11.8 Å². The van der Waals surface area contributed by atoms with Crippen LogP contribution in [0.4, 0.5) is 0 Å². The van der Waals surface area contributed by atoms with Gasteiger partial charge in [-0.1, -0.05) is 26.7 Å². The smallest absolute Gasteiger partial charge is 0.207 e. The van der Waals surface area contributed by atoms with Gasteiger partial charge in [-0.25, -0.2) is 0 Å². The highest BCUT2D eigenvalue weighted by Gasteiger charge is 2.23. The number of hydrogen-bond acceptors (Lipinski definition) is 2. The van der Waals surface area contributed by atoms with Crippen molar-refractivity contribution in [1.82, 2.24) is 5.32 Å². The second-order valence-electron chi connectivity index (χ2n) is 5.10. The van der Waals surface area contributed by atoms with Crippen LogP contribution in [-0.4, -0.2) is 18.2 Å². The van der Waals surface area contributed by atoms with Gasteiger partial charge in [0.15, 0.2) is 0 Å². The molecule has 0 bridgehead atoms. The third-order valence-corrected chi connectivity index (χ3v) is 3.49. The summed E-state index contributed by atoms with van der Waals surface area (Å²) in [4.78, 5) is 22.3. The Labute approximate surface area is 98.0 Å². The molecule has 0 atom stereocenters. The van der Waals surface area contributed by atoms with E-state index in [0.29, 0.717) is 11.8 Å². The second-order valence-corrected chi connectivity index (χ2v) is 5.10. The van der Waals surface area contributed by atoms with Crippen LogP contribution in [0.3, 0.4) is 0 Å². The lowest BCUT2D eigenvalue weighted by Gasteiger charge is -2.24. The van der Waals surface area contributed by atoms with Gasteiger partial charge in [-0.05, 0) is 25.7 Å². The molecule has 0 radical (unpaired) electrons. The van der Waals surface area contributed by atoms with Crippen LogP contribution in [0.5, 0.6) is 0 Å². The molecule has 0 saturated heterocycles. The summed E-state index contributed by atoms with van der Waals surface area (Å²) < 4.78 is 0. The molecule has 1 aliphatic rings. The van der Waals surface area contributed by atoms with E-state index in [1.54, 1.807) is 0 Å². The predicted octanol–water partition coefficient (Wildman–Crippen LogP) is 2.30. The predicted molar refractivity (Wildman–Crippen MR) is 64.0 cm³/mol. The van der Waals surface area contributed by atoms with Crippen molar-refractivity contribution in [2.24, 2.45) is 11.8 Å². The molecule has 1 fully saturated rings. The Kier molecular flexibility index (Phi) is 5.50. The first kappa shape index (κ1) is 13.2. The molecule has 16 heavy (non-hydrogen) atoms. The van der Waals surface area contributed by atoms with Crippen LogP contribution < -0.4 is 5.32 Å². The zero-order chi connectivity index (χ0) is 12.0. The van der Waals surface area contributed by atoms with Gasteiger partial charge in [-0.15, -0.1) is 0 Å². The van der Waals surface area contributed by atoms with Crippen LogP contribution in [0.15, 0.2) is 0 Å². The van der Waals surface area contributed by atoms with E-state index in [2.05, 4.69) is 5.32 Å². The zero-order valence-corrected chi connectivity index (χ0v) is 10.4. The molecule has 1 saturated carbocycles. The summed E-state index contributed by atoms with van der Waals surface area (Å²) in [5.41, 5.74) is 0. The molecule has 1 aliphatic carbocycles. The van der Waals surface area contributed by atoms with Crippen LogP contribution in [0.1, 0.15) is 52.4 Å². The number of carbonyl (C=O) groups is 2. The highest BCUT2D eigenvalue weighted by molar-refractivity contribution is 5.82. The van der Waals surface area contributed by atoms with Gasteiger partial charge in [0, 0.05) is 17.9 Å². The second kappa shape index (κ2) is 6.66. The first-order valence-electron chi connectivity index (χ1n) is 6.38. The van der Waals surface area contributed by atoms with Crippen LogP contribution in [0.2, 0.25) is 0 Å². The Morgan fingerprint density at radius 3 is 2.19 bits per heavy atom. The Morgan fingerprint density at radius 2 is 1.75 bits per heavy atom. The van der Waals surface area contributed by atoms with E-state index in [1.807, 2.05) is 13.8 Å². The number of hydrogen-bond donors (Lipinski definition) is 1. The van der Waals surface area contributed by atoms with Crippen molar-refractivity contribution in [2.45, 2.75) is 58.4 Å². The standard InChI is InChI=1S/C13H23NO2/c1-10(2)13(16)11-5-3-7-12(14-9-15)8-4-6-11/h9-12H,3-8H2,1-2H3,(H,14,15). The molecule has 92 valence electrons. The molecule has 1 N–H and O–H groups in total. The monoisotopic (exact) mass is 225 g/mol. The molecular weight excluding hydrogens is 202 g/mol. The van der Waals surface area contributed by atoms with Gasteiger partial charge in [0.05, 0.1) is 0 Å². The largest absolute Gasteiger partial charge is 0.356 e. The lowest BCUT2D eigenvalue weighted by molar-refractivity contribution is -0.126. The highest BCUT2D eigenvalue weighted by atomic mass is 16.1. The first-order chi connectivity index (χ1) is 7.65. The van der Waals surface area contributed by atoms with E-state index in [0.717, 1.165) is 44.9 Å². The summed E-state index contributed by atoms with van der Waals surface area (Å²) in [6, 6.07) is 0.326. The van der Waals surface area contributed by atoms with Crippen molar-refractivity contribution in [3.63, 3.8) is 0 Å². The van der Waals surface area contributed by atoms with Crippen molar-refractivity contribution >= 4 is 12.2 Å². The van der Waals surface area contributed by atoms with Gasteiger partial charge in [0.2, 0.25) is 6.41 Å². The van der Waals surface area contributed by atoms with Gasteiger partial charge in [0.1, 0.15) is 5.78 Å². The minimum atomic E-state index is 0.160. The summed E-state index contributed by atoms with van der Waals surface area (Å²) in [6.45, 7) is 3.97. The van der Waals surface area contributed by atoms with E-state index in [-0.39, 0.29) is 11.8 Å². The minimum absolute atomic E-state index is 0.160. The van der Waals surface area contributed by atoms with E-state index < -0.39 is 0 Å². The molecule has 3 nitrogen and oxygen atoms in total. The number of ketones is 1. The topological polar surface area (TPSA) is 46.2 Å². The Bertz CT molecular complexity index is 228. The quantitative estimate of drug-likeness (QED) is 0.746. The summed E-state index contributed by atoms with van der Waals surface area (Å²) in [5.74, 6) is 0.840. The number of amides is 1. The molecular formula is C13H23NO2. The minimum Gasteiger partial charge on any atom is -0.356 e. The van der Waals surface area contributed by atoms with Gasteiger partial charge in [0.25, 0.3) is 0 Å². The van der Waals surface area contributed by atoms with E-state index in [9.17, 15) is 9.59 Å². The van der Waals surface area contributed by atoms with Gasteiger partial charge in [-0.3, -0.25) is 9.59 Å². The molecule has 0 aromatic carbocycles. The fourth-order valence-electron chi connectivity index (χ4n) is 2.53. The van der Waals surface area contributed by atoms with E-state index in [4.69, 9.17) is 0 Å². The van der Waals surface area contributed by atoms with Crippen LogP contribution >= 0.6 is 0 Å². The lowest BCUT2D eigenvalue weighted by atomic mass is 9.83. The van der Waals surface area contributed by atoms with Gasteiger partial charge in [-0.2, -0.15) is 0 Å². The summed E-state index contributed by atoms with van der Waals surface area (Å²) in [6.07, 6.45) is 6.91. The van der Waals surface area contributed by atoms with E-state index in [1.165, 1.54) is 0 Å². The molecule has 0 spiro atoms. The average Bonchev–Trinajstić information content (AvgIpc) is 2.21. The lowest BCUT2D eigenvalue weighted by Crippen LogP contribution is -2.30. The summed E-state index contributed by atoms with van der Waals surface area (Å²) >= 11 is 0. The molecule has 1 amide bonds. The maximum atomic E-state index is 11.9. The Morgan fingerprint density at radius 1 is 1.19 bits per heavy atom. The molecule has 0 aromatic rings. The van der Waals surface area contributed by atoms with E-state index >= 15 is 0 Å². The van der Waals surface area contributed by atoms with Crippen molar-refractivity contribution < 1.29 is 9.59 Å². The average molecular weight is 225 g/mol. The van der Waals surface area contributed by atoms with Gasteiger partial charge < -0.3 is 5.32 Å². The normalized spacial score (nSPS) is 26.9. The van der Waals surface area contributed by atoms with Crippen LogP contribution in [0.25, 0.3) is 0 Å². The maximum Gasteiger partial charge on any atom is 0.207 e. The molecule has 3 heteroatoms. The van der Waals surface area contributed by atoms with Crippen molar-refractivity contribution in [1.29, 1.82) is 0 Å². The molecule has 1 rings (SSSR count). The fourth-order valence-corrected chi connectivity index (χ4v) is 2.53. The Hall–Kier alpha value is -0.860. The SMILES string of the molecule is CC(C)C(=O)C1CCCC(NC=O)CCC1. The fraction of sp³-hybridized carbons (Fsp3) is 0.846. The molecule has 0 unspecified atom stereocenters. The highest BCUT2D eigenvalue weighted by Crippen LogP contribution is 2.25. The third-order valence-electron chi connectivity index (χ3n) is 3.49. The summed E-state index contributed by atoms with van der Waals surface area (Å²) in [5, 5.41) is 2.85. The number of carbonyl (C=O) groups excluding carboxylic acids is 2. The van der Waals surface area contributed by atoms with Crippen LogP contribution in [-0.2, 0) is 9.59 Å². The van der Waals surface area contributed by atoms with Gasteiger partial charge >= 0.3 is 0 Å².